The summed E-state index contributed by atoms with van der Waals surface area (Å²) < 4.78 is 10.5. The Kier molecular flexibility index (Phi) is 4.41. The van der Waals surface area contributed by atoms with Crippen LogP contribution in [0.25, 0.3) is 12.2 Å². The van der Waals surface area contributed by atoms with Crippen molar-refractivity contribution in [2.75, 3.05) is 14.2 Å². The van der Waals surface area contributed by atoms with Gasteiger partial charge in [-0.3, -0.25) is 0 Å². The molecule has 0 N–H and O–H groups in total. The lowest BCUT2D eigenvalue weighted by atomic mass is 10.1. The van der Waals surface area contributed by atoms with Gasteiger partial charge in [0.1, 0.15) is 0 Å². The van der Waals surface area contributed by atoms with Crippen molar-refractivity contribution in [1.29, 1.82) is 5.26 Å². The lowest BCUT2D eigenvalue weighted by Gasteiger charge is -2.09. The summed E-state index contributed by atoms with van der Waals surface area (Å²) in [6, 6.07) is 15.6. The molecule has 0 unspecified atom stereocenters. The second kappa shape index (κ2) is 6.44. The zero-order valence-electron chi connectivity index (χ0n) is 11.5. The summed E-state index contributed by atoms with van der Waals surface area (Å²) in [7, 11) is 3.13. The molecule has 20 heavy (non-hydrogen) atoms. The summed E-state index contributed by atoms with van der Waals surface area (Å²) in [4.78, 5) is 0. The van der Waals surface area contributed by atoms with Gasteiger partial charge in [0.05, 0.1) is 25.9 Å². The topological polar surface area (TPSA) is 42.2 Å². The van der Waals surface area contributed by atoms with Gasteiger partial charge in [-0.1, -0.05) is 42.5 Å². The van der Waals surface area contributed by atoms with E-state index >= 15 is 0 Å². The smallest absolute Gasteiger partial charge is 0.162 e. The average Bonchev–Trinajstić information content (AvgIpc) is 2.52. The molecular formula is C17H15NO2. The molecule has 3 nitrogen and oxygen atoms in total. The highest BCUT2D eigenvalue weighted by molar-refractivity contribution is 5.74. The zero-order valence-corrected chi connectivity index (χ0v) is 11.5. The molecule has 0 saturated heterocycles. The molecular weight excluding hydrogens is 250 g/mol. The second-order valence-corrected chi connectivity index (χ2v) is 4.15. The fraction of sp³-hybridized carbons (Fsp3) is 0.118. The van der Waals surface area contributed by atoms with E-state index in [1.807, 2.05) is 42.5 Å². The number of rotatable bonds is 4. The summed E-state index contributed by atoms with van der Waals surface area (Å²) in [6.07, 6.45) is 3.86. The van der Waals surface area contributed by atoms with Crippen LogP contribution in [0.15, 0.2) is 42.5 Å². The maximum atomic E-state index is 9.22. The summed E-state index contributed by atoms with van der Waals surface area (Å²) in [5.41, 5.74) is 2.43. The first-order valence-corrected chi connectivity index (χ1v) is 6.17. The van der Waals surface area contributed by atoms with Crippen molar-refractivity contribution in [3.05, 3.63) is 59.2 Å². The van der Waals surface area contributed by atoms with E-state index in [4.69, 9.17) is 9.47 Å². The minimum absolute atomic E-state index is 0.551. The average molecular weight is 265 g/mol. The van der Waals surface area contributed by atoms with Gasteiger partial charge in [0.2, 0.25) is 0 Å². The first kappa shape index (κ1) is 13.7. The van der Waals surface area contributed by atoms with Crippen molar-refractivity contribution < 1.29 is 9.47 Å². The van der Waals surface area contributed by atoms with Crippen molar-refractivity contribution in [3.8, 4) is 17.6 Å². The van der Waals surface area contributed by atoms with Gasteiger partial charge < -0.3 is 9.47 Å². The molecule has 0 saturated carbocycles. The third-order valence-electron chi connectivity index (χ3n) is 2.93. The standard InChI is InChI=1S/C17H15NO2/c1-19-16-10-14(15(12-18)11-17(16)20-2)9-8-13-6-4-3-5-7-13/h3-11H,1-2H3. The Morgan fingerprint density at radius 3 is 2.20 bits per heavy atom. The monoisotopic (exact) mass is 265 g/mol. The maximum absolute atomic E-state index is 9.22. The van der Waals surface area contributed by atoms with Crippen LogP contribution in [0.2, 0.25) is 0 Å². The van der Waals surface area contributed by atoms with E-state index in [9.17, 15) is 5.26 Å². The predicted octanol–water partition coefficient (Wildman–Crippen LogP) is 3.75. The minimum atomic E-state index is 0.551. The van der Waals surface area contributed by atoms with Gasteiger partial charge in [-0.25, -0.2) is 0 Å². The molecule has 3 heteroatoms. The van der Waals surface area contributed by atoms with E-state index in [1.54, 1.807) is 26.4 Å². The molecule has 0 amide bonds. The minimum Gasteiger partial charge on any atom is -0.493 e. The molecule has 0 bridgehead atoms. The summed E-state index contributed by atoms with van der Waals surface area (Å²) in [5.74, 6) is 1.17. The van der Waals surface area contributed by atoms with E-state index in [0.717, 1.165) is 11.1 Å². The van der Waals surface area contributed by atoms with E-state index in [-0.39, 0.29) is 0 Å². The zero-order chi connectivity index (χ0) is 14.4. The van der Waals surface area contributed by atoms with Gasteiger partial charge in [-0.2, -0.15) is 5.26 Å². The summed E-state index contributed by atoms with van der Waals surface area (Å²) in [5, 5.41) is 9.22. The number of methoxy groups -OCH3 is 2. The quantitative estimate of drug-likeness (QED) is 0.791. The molecule has 2 aromatic rings. The number of nitriles is 1. The number of hydrogen-bond donors (Lipinski definition) is 0. The number of ether oxygens (including phenoxy) is 2. The Balaban J connectivity index is 2.41. The third-order valence-corrected chi connectivity index (χ3v) is 2.93. The fourth-order valence-electron chi connectivity index (χ4n) is 1.88. The first-order chi connectivity index (χ1) is 9.78. The normalized spacial score (nSPS) is 10.2. The van der Waals surface area contributed by atoms with E-state index in [1.165, 1.54) is 0 Å². The maximum Gasteiger partial charge on any atom is 0.162 e. The van der Waals surface area contributed by atoms with Gasteiger partial charge in [0.25, 0.3) is 0 Å². The molecule has 2 rings (SSSR count). The Hall–Kier alpha value is -2.73. The SMILES string of the molecule is COc1cc(C#N)c(C=Cc2ccccc2)cc1OC. The Bertz CT molecular complexity index is 655. The van der Waals surface area contributed by atoms with Crippen molar-refractivity contribution in [2.45, 2.75) is 0 Å². The predicted molar refractivity (Wildman–Crippen MR) is 79.6 cm³/mol. The number of nitrogens with zero attached hydrogens (tertiary/aromatic N) is 1. The van der Waals surface area contributed by atoms with Crippen LogP contribution in [0.1, 0.15) is 16.7 Å². The number of benzene rings is 2. The Morgan fingerprint density at radius 2 is 1.60 bits per heavy atom. The van der Waals surface area contributed by atoms with Crippen LogP contribution < -0.4 is 9.47 Å². The van der Waals surface area contributed by atoms with Crippen molar-refractivity contribution in [3.63, 3.8) is 0 Å². The molecule has 0 aliphatic carbocycles. The first-order valence-electron chi connectivity index (χ1n) is 6.17. The third kappa shape index (κ3) is 2.99. The molecule has 0 spiro atoms. The molecule has 0 aliphatic heterocycles. The fourth-order valence-corrected chi connectivity index (χ4v) is 1.88. The molecule has 2 aromatic carbocycles. The van der Waals surface area contributed by atoms with E-state index < -0.39 is 0 Å². The highest BCUT2D eigenvalue weighted by atomic mass is 16.5. The largest absolute Gasteiger partial charge is 0.493 e. The Labute approximate surface area is 118 Å². The van der Waals surface area contributed by atoms with Crippen molar-refractivity contribution in [2.24, 2.45) is 0 Å². The summed E-state index contributed by atoms with van der Waals surface area (Å²) >= 11 is 0. The van der Waals surface area contributed by atoms with Crippen LogP contribution in [0.3, 0.4) is 0 Å². The van der Waals surface area contributed by atoms with Gasteiger partial charge in [-0.15, -0.1) is 0 Å². The summed E-state index contributed by atoms with van der Waals surface area (Å²) in [6.45, 7) is 0. The van der Waals surface area contributed by atoms with Crippen LogP contribution >= 0.6 is 0 Å². The molecule has 0 heterocycles. The van der Waals surface area contributed by atoms with Gasteiger partial charge >= 0.3 is 0 Å². The van der Waals surface area contributed by atoms with Gasteiger partial charge in [0.15, 0.2) is 11.5 Å². The van der Waals surface area contributed by atoms with Crippen LogP contribution in [0.4, 0.5) is 0 Å². The molecule has 100 valence electrons. The van der Waals surface area contributed by atoms with Crippen LogP contribution in [0.5, 0.6) is 11.5 Å². The van der Waals surface area contributed by atoms with Crippen molar-refractivity contribution >= 4 is 12.2 Å². The highest BCUT2D eigenvalue weighted by Crippen LogP contribution is 2.31. The highest BCUT2D eigenvalue weighted by Gasteiger charge is 2.08. The lowest BCUT2D eigenvalue weighted by Crippen LogP contribution is -1.93. The van der Waals surface area contributed by atoms with Crippen LogP contribution in [-0.4, -0.2) is 14.2 Å². The molecule has 0 aliphatic rings. The number of hydrogen-bond acceptors (Lipinski definition) is 3. The molecule has 0 aromatic heterocycles. The Morgan fingerprint density at radius 1 is 0.950 bits per heavy atom. The van der Waals surface area contributed by atoms with Crippen LogP contribution in [-0.2, 0) is 0 Å². The second-order valence-electron chi connectivity index (χ2n) is 4.15. The van der Waals surface area contributed by atoms with Crippen LogP contribution in [0, 0.1) is 11.3 Å². The van der Waals surface area contributed by atoms with Gasteiger partial charge in [-0.05, 0) is 17.2 Å². The van der Waals surface area contributed by atoms with Crippen molar-refractivity contribution in [1.82, 2.24) is 0 Å². The molecule has 0 radical (unpaired) electrons. The van der Waals surface area contributed by atoms with Gasteiger partial charge in [0, 0.05) is 6.07 Å². The van der Waals surface area contributed by atoms with E-state index in [2.05, 4.69) is 6.07 Å². The molecule has 0 fully saturated rings. The lowest BCUT2D eigenvalue weighted by molar-refractivity contribution is 0.355. The molecule has 0 atom stereocenters. The van der Waals surface area contributed by atoms with E-state index in [0.29, 0.717) is 17.1 Å².